The zero-order valence-electron chi connectivity index (χ0n) is 9.27. The molecule has 0 spiro atoms. The summed E-state index contributed by atoms with van der Waals surface area (Å²) >= 11 is 2.97. The number of benzene rings is 1. The first-order chi connectivity index (χ1) is 7.59. The van der Waals surface area contributed by atoms with Crippen molar-refractivity contribution in [2.24, 2.45) is 0 Å². The van der Waals surface area contributed by atoms with Crippen LogP contribution in [-0.4, -0.2) is 16.8 Å². The summed E-state index contributed by atoms with van der Waals surface area (Å²) < 4.78 is 38.6. The SMILES string of the molecule is CC(C)(CO)c1cc(Br)c(O)cc1C(F)(F)F. The first kappa shape index (κ1) is 14.3. The Morgan fingerprint density at radius 3 is 2.12 bits per heavy atom. The fraction of sp³-hybridized carbons (Fsp3) is 0.455. The van der Waals surface area contributed by atoms with Crippen molar-refractivity contribution in [2.45, 2.75) is 25.4 Å². The van der Waals surface area contributed by atoms with Gasteiger partial charge in [-0.1, -0.05) is 13.8 Å². The molecule has 0 saturated carbocycles. The minimum Gasteiger partial charge on any atom is -0.507 e. The fourth-order valence-corrected chi connectivity index (χ4v) is 1.78. The lowest BCUT2D eigenvalue weighted by molar-refractivity contribution is -0.139. The van der Waals surface area contributed by atoms with Crippen LogP contribution in [0, 0.1) is 0 Å². The molecule has 0 radical (unpaired) electrons. The number of hydrogen-bond acceptors (Lipinski definition) is 2. The molecule has 1 aromatic carbocycles. The smallest absolute Gasteiger partial charge is 0.416 e. The maximum Gasteiger partial charge on any atom is 0.416 e. The maximum absolute atomic E-state index is 12.8. The summed E-state index contributed by atoms with van der Waals surface area (Å²) in [6.45, 7) is 2.58. The van der Waals surface area contributed by atoms with E-state index >= 15 is 0 Å². The van der Waals surface area contributed by atoms with Gasteiger partial charge in [0.05, 0.1) is 16.6 Å². The number of aliphatic hydroxyl groups is 1. The van der Waals surface area contributed by atoms with Crippen molar-refractivity contribution in [1.82, 2.24) is 0 Å². The summed E-state index contributed by atoms with van der Waals surface area (Å²) in [6.07, 6.45) is -4.57. The van der Waals surface area contributed by atoms with Gasteiger partial charge in [-0.3, -0.25) is 0 Å². The Hall–Kier alpha value is -0.750. The molecular weight excluding hydrogens is 301 g/mol. The van der Waals surface area contributed by atoms with E-state index in [-0.39, 0.29) is 10.0 Å². The van der Waals surface area contributed by atoms with E-state index in [1.54, 1.807) is 0 Å². The normalized spacial score (nSPS) is 12.9. The third-order valence-corrected chi connectivity index (χ3v) is 3.15. The zero-order chi connectivity index (χ0) is 13.4. The predicted molar refractivity (Wildman–Crippen MR) is 60.9 cm³/mol. The second kappa shape index (κ2) is 4.49. The lowest BCUT2D eigenvalue weighted by Crippen LogP contribution is -2.26. The van der Waals surface area contributed by atoms with Crippen molar-refractivity contribution < 1.29 is 23.4 Å². The minimum atomic E-state index is -4.57. The molecular formula is C11H12BrF3O2. The molecule has 0 aliphatic heterocycles. The minimum absolute atomic E-state index is 0.0582. The number of hydrogen-bond donors (Lipinski definition) is 2. The van der Waals surface area contributed by atoms with Crippen molar-refractivity contribution in [3.8, 4) is 5.75 Å². The topological polar surface area (TPSA) is 40.5 Å². The molecule has 0 unspecified atom stereocenters. The Morgan fingerprint density at radius 2 is 1.71 bits per heavy atom. The Kier molecular flexibility index (Phi) is 3.78. The van der Waals surface area contributed by atoms with E-state index in [1.807, 2.05) is 0 Å². The van der Waals surface area contributed by atoms with Gasteiger partial charge in [-0.25, -0.2) is 0 Å². The third-order valence-electron chi connectivity index (χ3n) is 2.52. The van der Waals surface area contributed by atoms with Gasteiger partial charge in [0, 0.05) is 5.41 Å². The van der Waals surface area contributed by atoms with Gasteiger partial charge in [0.1, 0.15) is 5.75 Å². The average molecular weight is 313 g/mol. The molecule has 0 aliphatic rings. The van der Waals surface area contributed by atoms with Crippen LogP contribution in [0.25, 0.3) is 0 Å². The Labute approximate surface area is 105 Å². The Balaban J connectivity index is 3.53. The molecule has 0 fully saturated rings. The van der Waals surface area contributed by atoms with Crippen LogP contribution in [-0.2, 0) is 11.6 Å². The zero-order valence-corrected chi connectivity index (χ0v) is 10.9. The molecule has 1 rings (SSSR count). The van der Waals surface area contributed by atoms with Crippen molar-refractivity contribution >= 4 is 15.9 Å². The molecule has 0 atom stereocenters. The van der Waals surface area contributed by atoms with Crippen LogP contribution in [0.4, 0.5) is 13.2 Å². The van der Waals surface area contributed by atoms with Gasteiger partial charge < -0.3 is 10.2 Å². The van der Waals surface area contributed by atoms with Crippen LogP contribution in [0.3, 0.4) is 0 Å². The molecule has 0 aromatic heterocycles. The maximum atomic E-state index is 12.8. The largest absolute Gasteiger partial charge is 0.507 e. The molecule has 96 valence electrons. The van der Waals surface area contributed by atoms with Gasteiger partial charge in [-0.2, -0.15) is 13.2 Å². The predicted octanol–water partition coefficient (Wildman–Crippen LogP) is 3.44. The van der Waals surface area contributed by atoms with Crippen molar-refractivity contribution in [3.63, 3.8) is 0 Å². The van der Waals surface area contributed by atoms with Crippen LogP contribution < -0.4 is 0 Å². The van der Waals surface area contributed by atoms with Gasteiger partial charge in [0.2, 0.25) is 0 Å². The average Bonchev–Trinajstić information content (AvgIpc) is 2.19. The summed E-state index contributed by atoms with van der Waals surface area (Å²) in [5.74, 6) is -0.477. The van der Waals surface area contributed by atoms with Crippen LogP contribution in [0.5, 0.6) is 5.75 Å². The van der Waals surface area contributed by atoms with E-state index in [0.29, 0.717) is 6.07 Å². The van der Waals surface area contributed by atoms with Crippen LogP contribution >= 0.6 is 15.9 Å². The number of aromatic hydroxyl groups is 1. The summed E-state index contributed by atoms with van der Waals surface area (Å²) in [6, 6.07) is 1.85. The summed E-state index contributed by atoms with van der Waals surface area (Å²) in [4.78, 5) is 0. The van der Waals surface area contributed by atoms with Gasteiger partial charge >= 0.3 is 6.18 Å². The van der Waals surface area contributed by atoms with Crippen LogP contribution in [0.2, 0.25) is 0 Å². The van der Waals surface area contributed by atoms with E-state index in [0.717, 1.165) is 0 Å². The van der Waals surface area contributed by atoms with Gasteiger partial charge in [0.15, 0.2) is 0 Å². The summed E-state index contributed by atoms with van der Waals surface area (Å²) in [5.41, 5.74) is -2.03. The van der Waals surface area contributed by atoms with E-state index in [9.17, 15) is 18.3 Å². The van der Waals surface area contributed by atoms with Crippen LogP contribution in [0.15, 0.2) is 16.6 Å². The van der Waals surface area contributed by atoms with E-state index in [2.05, 4.69) is 15.9 Å². The van der Waals surface area contributed by atoms with Crippen molar-refractivity contribution in [2.75, 3.05) is 6.61 Å². The molecule has 0 aliphatic carbocycles. The number of alkyl halides is 3. The highest BCUT2D eigenvalue weighted by Gasteiger charge is 2.38. The number of rotatable bonds is 2. The molecule has 2 N–H and O–H groups in total. The third kappa shape index (κ3) is 2.93. The highest BCUT2D eigenvalue weighted by Crippen LogP contribution is 2.41. The first-order valence-electron chi connectivity index (χ1n) is 4.80. The van der Waals surface area contributed by atoms with Crippen LogP contribution in [0.1, 0.15) is 25.0 Å². The second-order valence-corrected chi connectivity index (χ2v) is 5.24. The quantitative estimate of drug-likeness (QED) is 0.878. The highest BCUT2D eigenvalue weighted by molar-refractivity contribution is 9.10. The molecule has 6 heteroatoms. The first-order valence-corrected chi connectivity index (χ1v) is 5.60. The van der Waals surface area contributed by atoms with Crippen molar-refractivity contribution in [1.29, 1.82) is 0 Å². The molecule has 0 heterocycles. The molecule has 0 amide bonds. The molecule has 0 bridgehead atoms. The number of aliphatic hydroxyl groups excluding tert-OH is 1. The molecule has 0 saturated heterocycles. The molecule has 17 heavy (non-hydrogen) atoms. The summed E-state index contributed by atoms with van der Waals surface area (Å²) in [7, 11) is 0. The Morgan fingerprint density at radius 1 is 1.18 bits per heavy atom. The monoisotopic (exact) mass is 312 g/mol. The lowest BCUT2D eigenvalue weighted by Gasteiger charge is -2.26. The highest BCUT2D eigenvalue weighted by atomic mass is 79.9. The van der Waals surface area contributed by atoms with E-state index < -0.39 is 29.5 Å². The van der Waals surface area contributed by atoms with E-state index in [1.165, 1.54) is 19.9 Å². The number of phenols is 1. The Bertz CT molecular complexity index is 427. The lowest BCUT2D eigenvalue weighted by atomic mass is 9.82. The fourth-order valence-electron chi connectivity index (χ4n) is 1.44. The summed E-state index contributed by atoms with van der Waals surface area (Å²) in [5, 5.41) is 18.5. The number of phenolic OH excluding ortho intramolecular Hbond substituents is 1. The van der Waals surface area contributed by atoms with E-state index in [4.69, 9.17) is 5.11 Å². The second-order valence-electron chi connectivity index (χ2n) is 4.39. The van der Waals surface area contributed by atoms with Gasteiger partial charge in [-0.15, -0.1) is 0 Å². The number of halogens is 4. The standard InChI is InChI=1S/C11H12BrF3O2/c1-10(2,5-16)6-3-8(12)9(17)4-7(6)11(13,14)15/h3-4,16-17H,5H2,1-2H3. The van der Waals surface area contributed by atoms with Gasteiger partial charge in [-0.05, 0) is 33.6 Å². The van der Waals surface area contributed by atoms with Gasteiger partial charge in [0.25, 0.3) is 0 Å². The van der Waals surface area contributed by atoms with Crippen molar-refractivity contribution in [3.05, 3.63) is 27.7 Å². The molecule has 1 aromatic rings. The molecule has 2 nitrogen and oxygen atoms in total.